The molecule has 0 spiro atoms. The van der Waals surface area contributed by atoms with E-state index in [1.165, 1.54) is 22.2 Å². The maximum Gasteiger partial charge on any atom is 0.144 e. The Kier molecular flexibility index (Phi) is 2.22. The number of pyridine rings is 1. The van der Waals surface area contributed by atoms with Crippen LogP contribution in [0.2, 0.25) is 0 Å². The molecular weight excluding hydrogens is 208 g/mol. The lowest BCUT2D eigenvalue weighted by Gasteiger charge is -2.05. The maximum absolute atomic E-state index is 4.55. The molecule has 0 fully saturated rings. The number of imidazole rings is 1. The molecular formula is C15H14N2. The second-order valence-corrected chi connectivity index (χ2v) is 4.34. The third kappa shape index (κ3) is 1.53. The van der Waals surface area contributed by atoms with Crippen LogP contribution in [0, 0.1) is 13.8 Å². The first-order valence-corrected chi connectivity index (χ1v) is 5.76. The van der Waals surface area contributed by atoms with E-state index in [2.05, 4.69) is 65.8 Å². The summed E-state index contributed by atoms with van der Waals surface area (Å²) in [7, 11) is 0. The molecule has 0 bridgehead atoms. The number of aryl methyl sites for hydroxylation is 2. The number of aromatic nitrogens is 2. The van der Waals surface area contributed by atoms with E-state index in [1.807, 2.05) is 6.20 Å². The van der Waals surface area contributed by atoms with E-state index in [0.29, 0.717) is 0 Å². The first-order chi connectivity index (χ1) is 8.27. The van der Waals surface area contributed by atoms with Gasteiger partial charge in [0, 0.05) is 11.8 Å². The third-order valence-corrected chi connectivity index (χ3v) is 3.17. The van der Waals surface area contributed by atoms with Gasteiger partial charge in [-0.3, -0.25) is 4.40 Å². The summed E-state index contributed by atoms with van der Waals surface area (Å²) >= 11 is 0. The monoisotopic (exact) mass is 222 g/mol. The molecule has 0 saturated heterocycles. The summed E-state index contributed by atoms with van der Waals surface area (Å²) in [6.45, 7) is 4.23. The zero-order valence-electron chi connectivity index (χ0n) is 10.0. The molecule has 3 rings (SSSR count). The topological polar surface area (TPSA) is 17.3 Å². The van der Waals surface area contributed by atoms with Crippen molar-refractivity contribution in [2.24, 2.45) is 0 Å². The Labute approximate surface area is 101 Å². The molecule has 0 saturated carbocycles. The van der Waals surface area contributed by atoms with Crippen molar-refractivity contribution in [1.82, 2.24) is 9.38 Å². The summed E-state index contributed by atoms with van der Waals surface area (Å²) in [5.74, 6) is 1.02. The molecule has 2 heterocycles. The lowest BCUT2D eigenvalue weighted by atomic mass is 10.1. The van der Waals surface area contributed by atoms with Crippen LogP contribution in [0.5, 0.6) is 0 Å². The van der Waals surface area contributed by atoms with Gasteiger partial charge in [0.2, 0.25) is 0 Å². The predicted molar refractivity (Wildman–Crippen MR) is 70.1 cm³/mol. The van der Waals surface area contributed by atoms with Crippen LogP contribution in [0.15, 0.2) is 48.8 Å². The van der Waals surface area contributed by atoms with E-state index < -0.39 is 0 Å². The van der Waals surface area contributed by atoms with Crippen LogP contribution in [0.25, 0.3) is 16.9 Å². The molecule has 0 unspecified atom stereocenters. The lowest BCUT2D eigenvalue weighted by Crippen LogP contribution is -1.92. The van der Waals surface area contributed by atoms with Crippen LogP contribution in [0.1, 0.15) is 11.1 Å². The SMILES string of the molecule is Cc1ccccc1-c1ncc2c(C)cccn12. The Morgan fingerprint density at radius 2 is 1.71 bits per heavy atom. The fourth-order valence-corrected chi connectivity index (χ4v) is 2.19. The van der Waals surface area contributed by atoms with Crippen LogP contribution < -0.4 is 0 Å². The Hall–Kier alpha value is -2.09. The smallest absolute Gasteiger partial charge is 0.144 e. The highest BCUT2D eigenvalue weighted by Crippen LogP contribution is 2.23. The Balaban J connectivity index is 2.33. The van der Waals surface area contributed by atoms with Gasteiger partial charge in [-0.1, -0.05) is 30.3 Å². The summed E-state index contributed by atoms with van der Waals surface area (Å²) in [4.78, 5) is 4.55. The summed E-state index contributed by atoms with van der Waals surface area (Å²) in [5.41, 5.74) is 4.87. The average molecular weight is 222 g/mol. The number of nitrogens with zero attached hydrogens (tertiary/aromatic N) is 2. The number of fused-ring (bicyclic) bond motifs is 1. The standard InChI is InChI=1S/C15H14N2/c1-11-6-3-4-8-13(11)15-16-10-14-12(2)7-5-9-17(14)15/h3-10H,1-2H3. The molecule has 1 aromatic carbocycles. The van der Waals surface area contributed by atoms with Crippen molar-refractivity contribution >= 4 is 5.52 Å². The molecule has 84 valence electrons. The first kappa shape index (κ1) is 10.1. The minimum atomic E-state index is 1.02. The highest BCUT2D eigenvalue weighted by Gasteiger charge is 2.08. The zero-order chi connectivity index (χ0) is 11.8. The Morgan fingerprint density at radius 3 is 2.53 bits per heavy atom. The Morgan fingerprint density at radius 1 is 0.941 bits per heavy atom. The maximum atomic E-state index is 4.55. The molecule has 2 heteroatoms. The van der Waals surface area contributed by atoms with Gasteiger partial charge >= 0.3 is 0 Å². The van der Waals surface area contributed by atoms with Crippen LogP contribution in [0.3, 0.4) is 0 Å². The van der Waals surface area contributed by atoms with Crippen molar-refractivity contribution in [2.45, 2.75) is 13.8 Å². The van der Waals surface area contributed by atoms with Gasteiger partial charge in [0.1, 0.15) is 5.82 Å². The van der Waals surface area contributed by atoms with Gasteiger partial charge in [-0.15, -0.1) is 0 Å². The van der Waals surface area contributed by atoms with Gasteiger partial charge in [0.15, 0.2) is 0 Å². The van der Waals surface area contributed by atoms with Gasteiger partial charge in [-0.25, -0.2) is 4.98 Å². The molecule has 0 amide bonds. The number of rotatable bonds is 1. The Bertz CT molecular complexity index is 680. The molecule has 0 aliphatic heterocycles. The lowest BCUT2D eigenvalue weighted by molar-refractivity contribution is 1.14. The minimum Gasteiger partial charge on any atom is -0.300 e. The van der Waals surface area contributed by atoms with Crippen molar-refractivity contribution in [2.75, 3.05) is 0 Å². The van der Waals surface area contributed by atoms with Crippen molar-refractivity contribution < 1.29 is 0 Å². The van der Waals surface area contributed by atoms with E-state index in [1.54, 1.807) is 0 Å². The molecule has 3 aromatic rings. The van der Waals surface area contributed by atoms with Gasteiger partial charge in [0.05, 0.1) is 11.7 Å². The van der Waals surface area contributed by atoms with E-state index in [9.17, 15) is 0 Å². The van der Waals surface area contributed by atoms with Gasteiger partial charge in [-0.2, -0.15) is 0 Å². The van der Waals surface area contributed by atoms with Gasteiger partial charge < -0.3 is 0 Å². The van der Waals surface area contributed by atoms with Crippen molar-refractivity contribution in [3.63, 3.8) is 0 Å². The molecule has 0 N–H and O–H groups in total. The quantitative estimate of drug-likeness (QED) is 0.614. The summed E-state index contributed by atoms with van der Waals surface area (Å²) < 4.78 is 2.15. The van der Waals surface area contributed by atoms with Crippen LogP contribution in [0.4, 0.5) is 0 Å². The number of hydrogen-bond donors (Lipinski definition) is 0. The van der Waals surface area contributed by atoms with Crippen molar-refractivity contribution in [1.29, 1.82) is 0 Å². The summed E-state index contributed by atoms with van der Waals surface area (Å²) in [6, 6.07) is 12.5. The van der Waals surface area contributed by atoms with Gasteiger partial charge in [0.25, 0.3) is 0 Å². The average Bonchev–Trinajstić information content (AvgIpc) is 2.75. The second kappa shape index (κ2) is 3.74. The fraction of sp³-hybridized carbons (Fsp3) is 0.133. The summed E-state index contributed by atoms with van der Waals surface area (Å²) in [6.07, 6.45) is 4.01. The molecule has 0 atom stereocenters. The molecule has 0 aliphatic rings. The van der Waals surface area contributed by atoms with Crippen LogP contribution >= 0.6 is 0 Å². The molecule has 0 aliphatic carbocycles. The third-order valence-electron chi connectivity index (χ3n) is 3.17. The summed E-state index contributed by atoms with van der Waals surface area (Å²) in [5, 5.41) is 0. The normalized spacial score (nSPS) is 10.9. The zero-order valence-corrected chi connectivity index (χ0v) is 10.0. The fourth-order valence-electron chi connectivity index (χ4n) is 2.19. The van der Waals surface area contributed by atoms with Crippen LogP contribution in [-0.4, -0.2) is 9.38 Å². The minimum absolute atomic E-state index is 1.02. The second-order valence-electron chi connectivity index (χ2n) is 4.34. The van der Waals surface area contributed by atoms with Crippen LogP contribution in [-0.2, 0) is 0 Å². The molecule has 2 aromatic heterocycles. The molecule has 0 radical (unpaired) electrons. The van der Waals surface area contributed by atoms with Gasteiger partial charge in [-0.05, 0) is 31.0 Å². The van der Waals surface area contributed by atoms with Crippen molar-refractivity contribution in [3.05, 3.63) is 59.9 Å². The largest absolute Gasteiger partial charge is 0.300 e. The highest BCUT2D eigenvalue weighted by molar-refractivity contribution is 5.67. The first-order valence-electron chi connectivity index (χ1n) is 5.76. The number of benzene rings is 1. The van der Waals surface area contributed by atoms with Crippen molar-refractivity contribution in [3.8, 4) is 11.4 Å². The van der Waals surface area contributed by atoms with E-state index in [0.717, 1.165) is 5.82 Å². The molecule has 2 nitrogen and oxygen atoms in total. The predicted octanol–water partition coefficient (Wildman–Crippen LogP) is 3.62. The highest BCUT2D eigenvalue weighted by atomic mass is 15.0. The van der Waals surface area contributed by atoms with E-state index in [4.69, 9.17) is 0 Å². The molecule has 17 heavy (non-hydrogen) atoms. The number of hydrogen-bond acceptors (Lipinski definition) is 1. The van der Waals surface area contributed by atoms with E-state index >= 15 is 0 Å². The van der Waals surface area contributed by atoms with E-state index in [-0.39, 0.29) is 0 Å².